The average molecular weight is 275 g/mol. The maximum Gasteiger partial charge on any atom is 0.0709 e. The Morgan fingerprint density at radius 1 is 1.32 bits per heavy atom. The van der Waals surface area contributed by atoms with Gasteiger partial charge in [-0.1, -0.05) is 18.5 Å². The fraction of sp³-hybridized carbons (Fsp3) is 0.438. The standard InChI is InChI=1S/C16H19ClN2/c1-2-8-18-10-14-12-4-3-5-15(12)19-16-7-6-11(17)9-13(14)16/h6-7,9,18H,2-5,8,10H2,1H3. The normalized spacial score (nSPS) is 14.0. The first kappa shape index (κ1) is 12.9. The summed E-state index contributed by atoms with van der Waals surface area (Å²) >= 11 is 6.15. The smallest absolute Gasteiger partial charge is 0.0709 e. The van der Waals surface area contributed by atoms with E-state index < -0.39 is 0 Å². The van der Waals surface area contributed by atoms with Gasteiger partial charge in [-0.25, -0.2) is 0 Å². The first-order chi connectivity index (χ1) is 9.29. The van der Waals surface area contributed by atoms with E-state index in [1.165, 1.54) is 28.6 Å². The predicted octanol–water partition coefficient (Wildman–Crippen LogP) is 3.88. The molecule has 0 unspecified atom stereocenters. The number of aromatic nitrogens is 1. The van der Waals surface area contributed by atoms with Gasteiger partial charge >= 0.3 is 0 Å². The summed E-state index contributed by atoms with van der Waals surface area (Å²) in [5.74, 6) is 0. The summed E-state index contributed by atoms with van der Waals surface area (Å²) in [5, 5.41) is 5.54. The molecule has 0 aliphatic heterocycles. The molecule has 0 saturated heterocycles. The van der Waals surface area contributed by atoms with Crippen molar-refractivity contribution in [1.29, 1.82) is 0 Å². The molecule has 1 aromatic carbocycles. The van der Waals surface area contributed by atoms with Crippen LogP contribution in [0, 0.1) is 0 Å². The molecule has 0 radical (unpaired) electrons. The summed E-state index contributed by atoms with van der Waals surface area (Å²) in [4.78, 5) is 4.80. The van der Waals surface area contributed by atoms with Gasteiger partial charge in [0, 0.05) is 22.6 Å². The van der Waals surface area contributed by atoms with Crippen molar-refractivity contribution in [3.8, 4) is 0 Å². The molecule has 3 rings (SSSR count). The third kappa shape index (κ3) is 2.47. The highest BCUT2D eigenvalue weighted by Crippen LogP contribution is 2.31. The highest BCUT2D eigenvalue weighted by atomic mass is 35.5. The van der Waals surface area contributed by atoms with E-state index in [0.29, 0.717) is 0 Å². The number of nitrogens with zero attached hydrogens (tertiary/aromatic N) is 1. The van der Waals surface area contributed by atoms with Gasteiger partial charge in [-0.2, -0.15) is 0 Å². The largest absolute Gasteiger partial charge is 0.313 e. The van der Waals surface area contributed by atoms with Crippen molar-refractivity contribution in [2.24, 2.45) is 0 Å². The zero-order valence-electron chi connectivity index (χ0n) is 11.3. The summed E-state index contributed by atoms with van der Waals surface area (Å²) in [5.41, 5.74) is 5.24. The third-order valence-corrected chi connectivity index (χ3v) is 4.06. The van der Waals surface area contributed by atoms with Crippen LogP contribution in [0.5, 0.6) is 0 Å². The van der Waals surface area contributed by atoms with Crippen LogP contribution in [0.2, 0.25) is 5.02 Å². The molecular weight excluding hydrogens is 256 g/mol. The van der Waals surface area contributed by atoms with E-state index in [4.69, 9.17) is 16.6 Å². The van der Waals surface area contributed by atoms with Gasteiger partial charge in [-0.15, -0.1) is 0 Å². The average Bonchev–Trinajstić information content (AvgIpc) is 2.86. The molecule has 100 valence electrons. The molecule has 0 amide bonds. The molecule has 0 fully saturated rings. The number of fused-ring (bicyclic) bond motifs is 2. The second-order valence-corrected chi connectivity index (χ2v) is 5.64. The summed E-state index contributed by atoms with van der Waals surface area (Å²) in [6.07, 6.45) is 4.67. The molecule has 3 heteroatoms. The Balaban J connectivity index is 2.11. The Hall–Kier alpha value is -1.12. The first-order valence-electron chi connectivity index (χ1n) is 7.10. The maximum absolute atomic E-state index is 6.15. The molecule has 1 aromatic heterocycles. The van der Waals surface area contributed by atoms with Crippen LogP contribution in [0.15, 0.2) is 18.2 Å². The van der Waals surface area contributed by atoms with Crippen LogP contribution in [0.3, 0.4) is 0 Å². The molecule has 1 heterocycles. The molecular formula is C16H19ClN2. The number of hydrogen-bond donors (Lipinski definition) is 1. The van der Waals surface area contributed by atoms with Crippen LogP contribution in [-0.2, 0) is 19.4 Å². The molecule has 19 heavy (non-hydrogen) atoms. The fourth-order valence-electron chi connectivity index (χ4n) is 2.92. The van der Waals surface area contributed by atoms with Crippen molar-refractivity contribution in [3.63, 3.8) is 0 Å². The number of rotatable bonds is 4. The van der Waals surface area contributed by atoms with Crippen molar-refractivity contribution < 1.29 is 0 Å². The van der Waals surface area contributed by atoms with Gasteiger partial charge < -0.3 is 5.32 Å². The quantitative estimate of drug-likeness (QED) is 0.856. The molecule has 0 spiro atoms. The van der Waals surface area contributed by atoms with Crippen LogP contribution in [0.25, 0.3) is 10.9 Å². The second-order valence-electron chi connectivity index (χ2n) is 5.21. The Labute approximate surface area is 119 Å². The van der Waals surface area contributed by atoms with Gasteiger partial charge in [-0.3, -0.25) is 4.98 Å². The Kier molecular flexibility index (Phi) is 3.72. The third-order valence-electron chi connectivity index (χ3n) is 3.82. The molecule has 1 aliphatic rings. The second kappa shape index (κ2) is 5.48. The summed E-state index contributed by atoms with van der Waals surface area (Å²) < 4.78 is 0. The van der Waals surface area contributed by atoms with E-state index in [-0.39, 0.29) is 0 Å². The van der Waals surface area contributed by atoms with Crippen molar-refractivity contribution in [3.05, 3.63) is 40.0 Å². The van der Waals surface area contributed by atoms with Crippen molar-refractivity contribution in [1.82, 2.24) is 10.3 Å². The lowest BCUT2D eigenvalue weighted by atomic mass is 10.0. The van der Waals surface area contributed by atoms with Crippen LogP contribution >= 0.6 is 11.6 Å². The topological polar surface area (TPSA) is 24.9 Å². The van der Waals surface area contributed by atoms with Gasteiger partial charge in [0.15, 0.2) is 0 Å². The summed E-state index contributed by atoms with van der Waals surface area (Å²) in [7, 11) is 0. The highest BCUT2D eigenvalue weighted by Gasteiger charge is 2.19. The van der Waals surface area contributed by atoms with Crippen LogP contribution in [0.4, 0.5) is 0 Å². The van der Waals surface area contributed by atoms with Crippen LogP contribution in [0.1, 0.15) is 36.6 Å². The van der Waals surface area contributed by atoms with E-state index >= 15 is 0 Å². The summed E-state index contributed by atoms with van der Waals surface area (Å²) in [6, 6.07) is 6.03. The molecule has 1 N–H and O–H groups in total. The van der Waals surface area contributed by atoms with Gasteiger partial charge in [0.1, 0.15) is 0 Å². The number of halogens is 1. The van der Waals surface area contributed by atoms with E-state index in [1.54, 1.807) is 0 Å². The predicted molar refractivity (Wildman–Crippen MR) is 80.8 cm³/mol. The lowest BCUT2D eigenvalue weighted by Crippen LogP contribution is -2.16. The summed E-state index contributed by atoms with van der Waals surface area (Å²) in [6.45, 7) is 4.17. The van der Waals surface area contributed by atoms with Gasteiger partial charge in [0.25, 0.3) is 0 Å². The van der Waals surface area contributed by atoms with Crippen molar-refractivity contribution in [2.45, 2.75) is 39.2 Å². The molecule has 0 saturated carbocycles. The number of pyridine rings is 1. The van der Waals surface area contributed by atoms with E-state index in [0.717, 1.165) is 42.9 Å². The molecule has 2 nitrogen and oxygen atoms in total. The number of benzene rings is 1. The van der Waals surface area contributed by atoms with Crippen LogP contribution < -0.4 is 5.32 Å². The molecule has 2 aromatic rings. The fourth-order valence-corrected chi connectivity index (χ4v) is 3.10. The lowest BCUT2D eigenvalue weighted by Gasteiger charge is -2.13. The van der Waals surface area contributed by atoms with E-state index in [9.17, 15) is 0 Å². The van der Waals surface area contributed by atoms with E-state index in [1.807, 2.05) is 12.1 Å². The maximum atomic E-state index is 6.15. The van der Waals surface area contributed by atoms with Crippen molar-refractivity contribution in [2.75, 3.05) is 6.54 Å². The molecule has 0 atom stereocenters. The Morgan fingerprint density at radius 3 is 3.05 bits per heavy atom. The highest BCUT2D eigenvalue weighted by molar-refractivity contribution is 6.31. The number of hydrogen-bond acceptors (Lipinski definition) is 2. The zero-order valence-corrected chi connectivity index (χ0v) is 12.1. The minimum Gasteiger partial charge on any atom is -0.313 e. The molecule has 0 bridgehead atoms. The molecule has 1 aliphatic carbocycles. The SMILES string of the molecule is CCCNCc1c2c(nc3ccc(Cl)cc13)CCC2. The first-order valence-corrected chi connectivity index (χ1v) is 7.48. The number of nitrogens with one attached hydrogen (secondary N) is 1. The monoisotopic (exact) mass is 274 g/mol. The van der Waals surface area contributed by atoms with Crippen molar-refractivity contribution >= 4 is 22.5 Å². The Morgan fingerprint density at radius 2 is 2.21 bits per heavy atom. The minimum atomic E-state index is 0.795. The lowest BCUT2D eigenvalue weighted by molar-refractivity contribution is 0.674. The van der Waals surface area contributed by atoms with Gasteiger partial charge in [-0.05, 0) is 61.6 Å². The van der Waals surface area contributed by atoms with Gasteiger partial charge in [0.2, 0.25) is 0 Å². The van der Waals surface area contributed by atoms with Crippen LogP contribution in [-0.4, -0.2) is 11.5 Å². The Bertz CT molecular complexity index is 607. The van der Waals surface area contributed by atoms with Gasteiger partial charge in [0.05, 0.1) is 5.52 Å². The van der Waals surface area contributed by atoms with E-state index in [2.05, 4.69) is 18.3 Å². The number of aryl methyl sites for hydroxylation is 1. The zero-order chi connectivity index (χ0) is 13.2. The minimum absolute atomic E-state index is 0.795.